The fraction of sp³-hybridized carbons (Fsp3) is 0.684. The van der Waals surface area contributed by atoms with Crippen molar-refractivity contribution >= 4 is 22.8 Å². The van der Waals surface area contributed by atoms with Gasteiger partial charge >= 0.3 is 17.3 Å². The molecule has 0 saturated carbocycles. The summed E-state index contributed by atoms with van der Waals surface area (Å²) in [6, 6.07) is 1.92. The average Bonchev–Trinajstić information content (AvgIpc) is 2.77. The van der Waals surface area contributed by atoms with Crippen LogP contribution in [0.1, 0.15) is 44.4 Å². The number of halogens is 1. The maximum Gasteiger partial charge on any atom is 0.495 e. The van der Waals surface area contributed by atoms with Crippen molar-refractivity contribution in [1.82, 2.24) is 10.2 Å². The first-order valence-corrected chi connectivity index (χ1v) is 11.1. The molecule has 1 aromatic carbocycles. The van der Waals surface area contributed by atoms with Crippen molar-refractivity contribution < 1.29 is 21.6 Å². The molecule has 0 radical (unpaired) electrons. The van der Waals surface area contributed by atoms with Crippen molar-refractivity contribution in [2.45, 2.75) is 64.2 Å². The van der Waals surface area contributed by atoms with Gasteiger partial charge in [0, 0.05) is 32.7 Å². The van der Waals surface area contributed by atoms with Gasteiger partial charge in [0.2, 0.25) is 0 Å². The zero-order valence-electron chi connectivity index (χ0n) is 17.6. The van der Waals surface area contributed by atoms with Crippen LogP contribution in [0.5, 0.6) is 0 Å². The highest BCUT2D eigenvalue weighted by Gasteiger charge is 2.52. The Labute approximate surface area is 168 Å². The monoisotopic (exact) mass is 412 g/mol. The van der Waals surface area contributed by atoms with Crippen LogP contribution in [-0.2, 0) is 26.1 Å². The normalized spacial score (nSPS) is 22.6. The van der Waals surface area contributed by atoms with Gasteiger partial charge in [-0.2, -0.15) is 8.42 Å². The number of hydrogen-bond donors (Lipinski definition) is 1. The Balaban J connectivity index is 2.08. The molecule has 156 valence electrons. The van der Waals surface area contributed by atoms with Crippen LogP contribution >= 0.6 is 0 Å². The first-order chi connectivity index (χ1) is 12.8. The SMILES string of the molecule is Cc1c(CN2CCNCC2)cc(B2OC(C)(C)C(C)(C)O2)c(C)c1S(=O)(=O)F. The molecule has 2 fully saturated rings. The van der Waals surface area contributed by atoms with E-state index < -0.39 is 28.5 Å². The molecule has 0 unspecified atom stereocenters. The van der Waals surface area contributed by atoms with Crippen LogP contribution in [0.3, 0.4) is 0 Å². The van der Waals surface area contributed by atoms with E-state index in [2.05, 4.69) is 10.2 Å². The smallest absolute Gasteiger partial charge is 0.399 e. The lowest BCUT2D eigenvalue weighted by atomic mass is 9.74. The van der Waals surface area contributed by atoms with E-state index in [-0.39, 0.29) is 4.90 Å². The summed E-state index contributed by atoms with van der Waals surface area (Å²) in [6.45, 7) is 15.1. The lowest BCUT2D eigenvalue weighted by molar-refractivity contribution is 0.00578. The lowest BCUT2D eigenvalue weighted by Crippen LogP contribution is -2.43. The summed E-state index contributed by atoms with van der Waals surface area (Å²) in [6.07, 6.45) is 0. The second-order valence-electron chi connectivity index (χ2n) is 8.76. The van der Waals surface area contributed by atoms with E-state index in [4.69, 9.17) is 9.31 Å². The third kappa shape index (κ3) is 4.00. The molecule has 2 saturated heterocycles. The molecule has 0 atom stereocenters. The zero-order valence-corrected chi connectivity index (χ0v) is 18.4. The molecule has 6 nitrogen and oxygen atoms in total. The standard InChI is InChI=1S/C19H30BFN2O4S/c1-13-15(12-23-9-7-22-8-10-23)11-16(14(2)17(13)28(21,24)25)20-26-18(3,4)19(5,6)27-20/h11,22H,7-10,12H2,1-6H3. The summed E-state index contributed by atoms with van der Waals surface area (Å²) in [5.74, 6) is 0. The van der Waals surface area contributed by atoms with E-state index in [1.54, 1.807) is 13.8 Å². The van der Waals surface area contributed by atoms with Gasteiger partial charge < -0.3 is 14.6 Å². The van der Waals surface area contributed by atoms with Crippen molar-refractivity contribution in [2.24, 2.45) is 0 Å². The maximum absolute atomic E-state index is 14.2. The Kier molecular flexibility index (Phi) is 5.71. The number of hydrogen-bond acceptors (Lipinski definition) is 6. The van der Waals surface area contributed by atoms with E-state index in [0.717, 1.165) is 31.7 Å². The van der Waals surface area contributed by atoms with Gasteiger partial charge in [0.05, 0.1) is 11.2 Å². The molecule has 0 spiro atoms. The molecule has 1 aromatic rings. The third-order valence-electron chi connectivity index (χ3n) is 6.28. The van der Waals surface area contributed by atoms with Gasteiger partial charge in [0.25, 0.3) is 0 Å². The van der Waals surface area contributed by atoms with Gasteiger partial charge in [0.1, 0.15) is 4.90 Å². The molecular formula is C19H30BFN2O4S. The fourth-order valence-electron chi connectivity index (χ4n) is 3.82. The van der Waals surface area contributed by atoms with Crippen LogP contribution in [0.25, 0.3) is 0 Å². The lowest BCUT2D eigenvalue weighted by Gasteiger charge is -2.32. The number of piperazine rings is 1. The topological polar surface area (TPSA) is 67.9 Å². The van der Waals surface area contributed by atoms with Gasteiger partial charge in [-0.1, -0.05) is 6.07 Å². The molecule has 0 aliphatic carbocycles. The Morgan fingerprint density at radius 1 is 1.11 bits per heavy atom. The number of nitrogens with one attached hydrogen (secondary N) is 1. The summed E-state index contributed by atoms with van der Waals surface area (Å²) in [5.41, 5.74) is 1.03. The van der Waals surface area contributed by atoms with Crippen molar-refractivity contribution in [3.05, 3.63) is 22.8 Å². The Bertz CT molecular complexity index is 851. The molecule has 9 heteroatoms. The molecular weight excluding hydrogens is 382 g/mol. The van der Waals surface area contributed by atoms with Crippen LogP contribution in [0.2, 0.25) is 0 Å². The predicted molar refractivity (Wildman–Crippen MR) is 108 cm³/mol. The minimum atomic E-state index is -4.88. The molecule has 0 aromatic heterocycles. The van der Waals surface area contributed by atoms with Gasteiger partial charge in [-0.05, 0) is 63.7 Å². The minimum absolute atomic E-state index is 0.259. The molecule has 2 heterocycles. The van der Waals surface area contributed by atoms with E-state index in [9.17, 15) is 12.3 Å². The first-order valence-electron chi connectivity index (χ1n) is 9.70. The highest BCUT2D eigenvalue weighted by molar-refractivity contribution is 7.86. The number of rotatable bonds is 4. The van der Waals surface area contributed by atoms with E-state index >= 15 is 0 Å². The van der Waals surface area contributed by atoms with Crippen LogP contribution in [0.4, 0.5) is 3.89 Å². The summed E-state index contributed by atoms with van der Waals surface area (Å²) >= 11 is 0. The quantitative estimate of drug-likeness (QED) is 0.600. The highest BCUT2D eigenvalue weighted by Crippen LogP contribution is 2.37. The molecule has 0 amide bonds. The molecule has 0 bridgehead atoms. The third-order valence-corrected chi connectivity index (χ3v) is 7.38. The minimum Gasteiger partial charge on any atom is -0.399 e. The largest absolute Gasteiger partial charge is 0.495 e. The second kappa shape index (κ2) is 7.36. The molecule has 2 aliphatic rings. The predicted octanol–water partition coefficient (Wildman–Crippen LogP) is 1.67. The van der Waals surface area contributed by atoms with Crippen LogP contribution in [0, 0.1) is 13.8 Å². The van der Waals surface area contributed by atoms with Crippen LogP contribution in [-0.4, -0.2) is 57.8 Å². The summed E-state index contributed by atoms with van der Waals surface area (Å²) in [5, 5.41) is 3.30. The van der Waals surface area contributed by atoms with Crippen molar-refractivity contribution in [3.63, 3.8) is 0 Å². The number of benzene rings is 1. The Hall–Kier alpha value is -0.995. The van der Waals surface area contributed by atoms with E-state index in [0.29, 0.717) is 23.1 Å². The zero-order chi connectivity index (χ0) is 20.9. The average molecular weight is 412 g/mol. The van der Waals surface area contributed by atoms with Crippen molar-refractivity contribution in [2.75, 3.05) is 26.2 Å². The summed E-state index contributed by atoms with van der Waals surface area (Å²) in [4.78, 5) is 1.97. The highest BCUT2D eigenvalue weighted by atomic mass is 32.3. The first kappa shape index (κ1) is 21.7. The fourth-order valence-corrected chi connectivity index (χ4v) is 4.80. The van der Waals surface area contributed by atoms with Crippen molar-refractivity contribution in [3.8, 4) is 0 Å². The molecule has 3 rings (SSSR count). The van der Waals surface area contributed by atoms with Gasteiger partial charge in [-0.15, -0.1) is 3.89 Å². The van der Waals surface area contributed by atoms with Crippen molar-refractivity contribution in [1.29, 1.82) is 0 Å². The Morgan fingerprint density at radius 2 is 1.64 bits per heavy atom. The maximum atomic E-state index is 14.2. The van der Waals surface area contributed by atoms with E-state index in [1.165, 1.54) is 0 Å². The number of nitrogens with zero attached hydrogens (tertiary/aromatic N) is 1. The second-order valence-corrected chi connectivity index (χ2v) is 10.0. The van der Waals surface area contributed by atoms with Crippen LogP contribution < -0.4 is 10.8 Å². The summed E-state index contributed by atoms with van der Waals surface area (Å²) in [7, 11) is -5.62. The summed E-state index contributed by atoms with van der Waals surface area (Å²) < 4.78 is 50.4. The molecule has 2 aliphatic heterocycles. The van der Waals surface area contributed by atoms with Gasteiger partial charge in [0.15, 0.2) is 0 Å². The Morgan fingerprint density at radius 3 is 2.14 bits per heavy atom. The molecule has 28 heavy (non-hydrogen) atoms. The van der Waals surface area contributed by atoms with Crippen LogP contribution in [0.15, 0.2) is 11.0 Å². The van der Waals surface area contributed by atoms with E-state index in [1.807, 2.05) is 33.8 Å². The molecule has 1 N–H and O–H groups in total. The van der Waals surface area contributed by atoms with Gasteiger partial charge in [-0.3, -0.25) is 4.90 Å². The van der Waals surface area contributed by atoms with Gasteiger partial charge in [-0.25, -0.2) is 0 Å².